The molecule has 0 fully saturated rings. The number of carbonyl (C=O) groups excluding carboxylic acids is 1. The Kier molecular flexibility index (Phi) is 22.4. The molecule has 0 unspecified atom stereocenters. The normalized spacial score (nSPS) is 11.9. The smallest absolute Gasteiger partial charge is 0.132 e. The zero-order chi connectivity index (χ0) is 28.4. The number of ether oxygens (including phenoxy) is 3. The number of rotatable bonds is 28. The lowest BCUT2D eigenvalue weighted by Gasteiger charge is -2.17. The molecule has 0 saturated heterocycles. The van der Waals surface area contributed by atoms with Crippen molar-refractivity contribution >= 4 is 5.78 Å². The SMILES string of the molecule is CCCCCCCCCCCCCCCCCC(=O)CCCOCCOCCOCc1cn(C(C)(C)C)nn1. The van der Waals surface area contributed by atoms with Gasteiger partial charge < -0.3 is 14.2 Å². The lowest BCUT2D eigenvalue weighted by atomic mass is 10.0. The molecule has 0 aromatic carbocycles. The van der Waals surface area contributed by atoms with E-state index in [1.165, 1.54) is 89.9 Å². The highest BCUT2D eigenvalue weighted by atomic mass is 16.5. The molecule has 0 bridgehead atoms. The van der Waals surface area contributed by atoms with Crippen molar-refractivity contribution in [1.82, 2.24) is 15.0 Å². The van der Waals surface area contributed by atoms with E-state index in [2.05, 4.69) is 38.0 Å². The highest BCUT2D eigenvalue weighted by Crippen LogP contribution is 2.14. The van der Waals surface area contributed by atoms with Crippen molar-refractivity contribution in [2.24, 2.45) is 0 Å². The van der Waals surface area contributed by atoms with Gasteiger partial charge in [0.2, 0.25) is 0 Å². The first kappa shape index (κ1) is 35.7. The maximum absolute atomic E-state index is 12.1. The van der Waals surface area contributed by atoms with Crippen LogP contribution in [0.4, 0.5) is 0 Å². The summed E-state index contributed by atoms with van der Waals surface area (Å²) in [4.78, 5) is 12.1. The molecule has 0 aliphatic heterocycles. The van der Waals surface area contributed by atoms with Gasteiger partial charge >= 0.3 is 0 Å². The van der Waals surface area contributed by atoms with Crippen molar-refractivity contribution in [3.8, 4) is 0 Å². The van der Waals surface area contributed by atoms with E-state index in [9.17, 15) is 4.79 Å². The number of Topliss-reactive ketones (excluding diaryl/α,β-unsaturated/α-hetero) is 1. The average molecular weight is 552 g/mol. The maximum Gasteiger partial charge on any atom is 0.132 e. The second kappa shape index (κ2) is 24.5. The van der Waals surface area contributed by atoms with Gasteiger partial charge in [-0.2, -0.15) is 0 Å². The van der Waals surface area contributed by atoms with Gasteiger partial charge in [-0.3, -0.25) is 4.79 Å². The minimum absolute atomic E-state index is 0.0762. The average Bonchev–Trinajstić information content (AvgIpc) is 3.39. The summed E-state index contributed by atoms with van der Waals surface area (Å²) in [6, 6.07) is 0. The molecule has 0 atom stereocenters. The van der Waals surface area contributed by atoms with Crippen molar-refractivity contribution in [1.29, 1.82) is 0 Å². The topological polar surface area (TPSA) is 75.5 Å². The molecule has 0 radical (unpaired) electrons. The summed E-state index contributed by atoms with van der Waals surface area (Å²) in [7, 11) is 0. The molecule has 0 spiro atoms. The maximum atomic E-state index is 12.1. The number of carbonyl (C=O) groups is 1. The minimum atomic E-state index is -0.0762. The predicted octanol–water partition coefficient (Wildman–Crippen LogP) is 8.19. The van der Waals surface area contributed by atoms with E-state index in [1.54, 1.807) is 0 Å². The van der Waals surface area contributed by atoms with E-state index in [4.69, 9.17) is 14.2 Å². The van der Waals surface area contributed by atoms with Crippen molar-refractivity contribution < 1.29 is 19.0 Å². The molecule has 0 aliphatic rings. The van der Waals surface area contributed by atoms with Gasteiger partial charge in [-0.25, -0.2) is 4.68 Å². The van der Waals surface area contributed by atoms with Gasteiger partial charge in [0.15, 0.2) is 0 Å². The molecular formula is C32H61N3O4. The van der Waals surface area contributed by atoms with Crippen molar-refractivity contribution in [3.63, 3.8) is 0 Å². The number of ketones is 1. The predicted molar refractivity (Wildman–Crippen MR) is 160 cm³/mol. The number of nitrogens with zero attached hydrogens (tertiary/aromatic N) is 3. The molecule has 1 heterocycles. The fourth-order valence-electron chi connectivity index (χ4n) is 4.50. The number of hydrogen-bond donors (Lipinski definition) is 0. The van der Waals surface area contributed by atoms with E-state index in [1.807, 2.05) is 10.9 Å². The monoisotopic (exact) mass is 551 g/mol. The van der Waals surface area contributed by atoms with Crippen LogP contribution in [-0.2, 0) is 31.2 Å². The van der Waals surface area contributed by atoms with Crippen LogP contribution in [0.2, 0.25) is 0 Å². The third kappa shape index (κ3) is 22.1. The quantitative estimate of drug-likeness (QED) is 0.0977. The van der Waals surface area contributed by atoms with Gasteiger partial charge in [-0.15, -0.1) is 5.10 Å². The van der Waals surface area contributed by atoms with E-state index >= 15 is 0 Å². The molecule has 7 heteroatoms. The fourth-order valence-corrected chi connectivity index (χ4v) is 4.50. The van der Waals surface area contributed by atoms with E-state index < -0.39 is 0 Å². The Morgan fingerprint density at radius 2 is 1.13 bits per heavy atom. The Bertz CT molecular complexity index is 687. The summed E-state index contributed by atoms with van der Waals surface area (Å²) in [5, 5.41) is 8.25. The van der Waals surface area contributed by atoms with Crippen LogP contribution < -0.4 is 0 Å². The largest absolute Gasteiger partial charge is 0.379 e. The lowest BCUT2D eigenvalue weighted by Crippen LogP contribution is -2.22. The van der Waals surface area contributed by atoms with Crippen LogP contribution in [0.1, 0.15) is 149 Å². The van der Waals surface area contributed by atoms with Gasteiger partial charge in [-0.1, -0.05) is 102 Å². The molecule has 0 saturated carbocycles. The standard InChI is InChI=1S/C32H61N3O4/c1-5-6-7-8-9-10-11-12-13-14-15-16-17-18-19-21-31(36)22-20-23-37-24-25-38-26-27-39-29-30-28-35(34-33-30)32(2,3)4/h28H,5-27,29H2,1-4H3. The van der Waals surface area contributed by atoms with Crippen molar-refractivity contribution in [3.05, 3.63) is 11.9 Å². The Morgan fingerprint density at radius 3 is 1.64 bits per heavy atom. The summed E-state index contributed by atoms with van der Waals surface area (Å²) in [5.41, 5.74) is 0.745. The Morgan fingerprint density at radius 1 is 0.667 bits per heavy atom. The Hall–Kier alpha value is -1.31. The van der Waals surface area contributed by atoms with Gasteiger partial charge in [0.05, 0.1) is 44.8 Å². The molecular weight excluding hydrogens is 490 g/mol. The van der Waals surface area contributed by atoms with Gasteiger partial charge in [0, 0.05) is 19.4 Å². The summed E-state index contributed by atoms with van der Waals surface area (Å²) in [6.07, 6.45) is 24.4. The van der Waals surface area contributed by atoms with Crippen LogP contribution in [0.15, 0.2) is 6.20 Å². The molecule has 0 N–H and O–H groups in total. The van der Waals surface area contributed by atoms with Crippen LogP contribution >= 0.6 is 0 Å². The molecule has 1 rings (SSSR count). The number of aromatic nitrogens is 3. The first-order valence-electron chi connectivity index (χ1n) is 16.1. The second-order valence-corrected chi connectivity index (χ2v) is 11.9. The molecule has 0 amide bonds. The molecule has 7 nitrogen and oxygen atoms in total. The number of hydrogen-bond acceptors (Lipinski definition) is 6. The molecule has 1 aromatic rings. The Labute approximate surface area is 240 Å². The van der Waals surface area contributed by atoms with Gasteiger partial charge in [-0.05, 0) is 33.6 Å². The van der Waals surface area contributed by atoms with Crippen molar-refractivity contribution in [2.75, 3.05) is 33.0 Å². The van der Waals surface area contributed by atoms with Crippen molar-refractivity contribution in [2.45, 2.75) is 155 Å². The van der Waals surface area contributed by atoms with Crippen LogP contribution in [0, 0.1) is 0 Å². The molecule has 39 heavy (non-hydrogen) atoms. The fraction of sp³-hybridized carbons (Fsp3) is 0.906. The third-order valence-corrected chi connectivity index (χ3v) is 7.03. The van der Waals surface area contributed by atoms with Crippen LogP contribution in [-0.4, -0.2) is 53.8 Å². The summed E-state index contributed by atoms with van der Waals surface area (Å²) < 4.78 is 18.6. The molecule has 0 aliphatic carbocycles. The van der Waals surface area contributed by atoms with Crippen LogP contribution in [0.5, 0.6) is 0 Å². The van der Waals surface area contributed by atoms with Gasteiger partial charge in [0.25, 0.3) is 0 Å². The van der Waals surface area contributed by atoms with Crippen LogP contribution in [0.3, 0.4) is 0 Å². The lowest BCUT2D eigenvalue weighted by molar-refractivity contribution is -0.119. The van der Waals surface area contributed by atoms with Crippen LogP contribution in [0.25, 0.3) is 0 Å². The first-order chi connectivity index (χ1) is 18.9. The summed E-state index contributed by atoms with van der Waals surface area (Å²) in [6.45, 7) is 11.7. The third-order valence-electron chi connectivity index (χ3n) is 7.03. The van der Waals surface area contributed by atoms with Gasteiger partial charge in [0.1, 0.15) is 11.5 Å². The number of unbranched alkanes of at least 4 members (excludes halogenated alkanes) is 14. The summed E-state index contributed by atoms with van der Waals surface area (Å²) in [5.74, 6) is 0.379. The minimum Gasteiger partial charge on any atom is -0.379 e. The van der Waals surface area contributed by atoms with E-state index in [-0.39, 0.29) is 5.54 Å². The Balaban J connectivity index is 1.75. The summed E-state index contributed by atoms with van der Waals surface area (Å²) >= 11 is 0. The highest BCUT2D eigenvalue weighted by molar-refractivity contribution is 5.78. The van der Waals surface area contributed by atoms with E-state index in [0.29, 0.717) is 51.8 Å². The molecule has 228 valence electrons. The second-order valence-electron chi connectivity index (χ2n) is 11.9. The highest BCUT2D eigenvalue weighted by Gasteiger charge is 2.14. The molecule has 1 aromatic heterocycles. The zero-order valence-electron chi connectivity index (χ0n) is 26.0. The first-order valence-corrected chi connectivity index (χ1v) is 16.1. The zero-order valence-corrected chi connectivity index (χ0v) is 26.0. The van der Waals surface area contributed by atoms with E-state index in [0.717, 1.165) is 25.0 Å².